The highest BCUT2D eigenvalue weighted by Gasteiger charge is 2.96. The van der Waals surface area contributed by atoms with Crippen molar-refractivity contribution in [1.29, 1.82) is 0 Å². The lowest BCUT2D eigenvalue weighted by molar-refractivity contribution is -0.502. The van der Waals surface area contributed by atoms with E-state index < -0.39 is 65.1 Å². The summed E-state index contributed by atoms with van der Waals surface area (Å²) in [5, 5.41) is -4.94. The summed E-state index contributed by atoms with van der Waals surface area (Å²) in [7, 11) is 0. The average Bonchev–Trinajstić information content (AvgIpc) is 2.57. The zero-order valence-electron chi connectivity index (χ0n) is 14.1. The topological polar surface area (TPSA) is 3.24 Å². The number of nitrogens with zero attached hydrogens (tertiary/aromatic N) is 1. The van der Waals surface area contributed by atoms with Gasteiger partial charge in [0.05, 0.1) is 0 Å². The van der Waals surface area contributed by atoms with Crippen LogP contribution < -0.4 is 0 Å². The second-order valence-corrected chi connectivity index (χ2v) is 5.81. The van der Waals surface area contributed by atoms with Crippen LogP contribution in [0.2, 0.25) is 0 Å². The summed E-state index contributed by atoms with van der Waals surface area (Å²) >= 11 is 0. The molecule has 0 saturated heterocycles. The Morgan fingerprint density at radius 2 is 0.500 bits per heavy atom. The molecule has 206 valence electrons. The van der Waals surface area contributed by atoms with Crippen LogP contribution >= 0.6 is 0 Å². The maximum Gasteiger partial charge on any atom is 0.472 e. The molecule has 0 aliphatic rings. The molecule has 0 spiro atoms. The lowest BCUT2D eigenvalue weighted by atomic mass is 9.90. The fourth-order valence-corrected chi connectivity index (χ4v) is 1.57. The standard InChI is InChI=1S/C10F23N/c11-1(12,3(15,16)5(19,20)7(23,24)25)2(13,14)4(17,18)6(21,22)9(29,30)34(33)10(31,32)8(26,27)28. The van der Waals surface area contributed by atoms with Crippen molar-refractivity contribution in [2.24, 2.45) is 0 Å². The van der Waals surface area contributed by atoms with Crippen LogP contribution in [0.1, 0.15) is 0 Å². The minimum absolute atomic E-state index is 4.94. The molecule has 0 bridgehead atoms. The maximum atomic E-state index is 13.2. The van der Waals surface area contributed by atoms with Crippen LogP contribution in [0.3, 0.4) is 0 Å². The minimum atomic E-state index is -9.26. The Morgan fingerprint density at radius 3 is 0.735 bits per heavy atom. The van der Waals surface area contributed by atoms with Crippen LogP contribution in [0.5, 0.6) is 0 Å². The Balaban J connectivity index is 6.96. The van der Waals surface area contributed by atoms with Gasteiger partial charge in [-0.2, -0.15) is 96.6 Å². The van der Waals surface area contributed by atoms with Crippen molar-refractivity contribution in [3.63, 3.8) is 0 Å². The summed E-state index contributed by atoms with van der Waals surface area (Å²) in [5.74, 6) is -54.2. The summed E-state index contributed by atoms with van der Waals surface area (Å²) in [6.45, 7) is 0. The number of hydrogen-bond acceptors (Lipinski definition) is 1. The van der Waals surface area contributed by atoms with Gasteiger partial charge in [0.2, 0.25) is 0 Å². The summed E-state index contributed by atoms with van der Waals surface area (Å²) in [6.07, 6.45) is -15.8. The lowest BCUT2D eigenvalue weighted by Crippen LogP contribution is -2.76. The molecule has 0 saturated carbocycles. The molecule has 0 rings (SSSR count). The quantitative estimate of drug-likeness (QED) is 0.168. The molecule has 0 aliphatic heterocycles. The lowest BCUT2D eigenvalue weighted by Gasteiger charge is -2.43. The third kappa shape index (κ3) is 3.86. The third-order valence-electron chi connectivity index (χ3n) is 3.54. The van der Waals surface area contributed by atoms with Crippen molar-refractivity contribution >= 4 is 0 Å². The zero-order valence-corrected chi connectivity index (χ0v) is 14.1. The zero-order chi connectivity index (χ0) is 28.6. The largest absolute Gasteiger partial charge is 0.472 e. The SMILES string of the molecule is FN(C(F)(F)C(F)(F)F)C(F)(F)C(F)(F)C(F)(F)C(F)(F)C(F)(F)C(F)(F)C(F)(F)C(F)(F)F. The molecule has 0 atom stereocenters. The minimum Gasteiger partial charge on any atom is -0.192 e. The summed E-state index contributed by atoms with van der Waals surface area (Å²) in [4.78, 5) is 0. The fourth-order valence-electron chi connectivity index (χ4n) is 1.57. The monoisotopic (exact) mass is 571 g/mol. The molecular formula is C10F23N. The van der Waals surface area contributed by atoms with Crippen molar-refractivity contribution < 1.29 is 101 Å². The van der Waals surface area contributed by atoms with Crippen LogP contribution in [0.15, 0.2) is 0 Å². The molecule has 0 aliphatic carbocycles. The summed E-state index contributed by atoms with van der Waals surface area (Å²) in [5.41, 5.74) is 0. The molecule has 34 heavy (non-hydrogen) atoms. The first-order chi connectivity index (χ1) is 14.2. The highest BCUT2D eigenvalue weighted by atomic mass is 19.4. The predicted molar refractivity (Wildman–Crippen MR) is 54.6 cm³/mol. The van der Waals surface area contributed by atoms with Gasteiger partial charge in [-0.05, 0) is 5.12 Å². The van der Waals surface area contributed by atoms with Crippen LogP contribution in [-0.4, -0.2) is 65.1 Å². The Labute approximate surface area is 168 Å². The normalized spacial score (nSPS) is 16.9. The highest BCUT2D eigenvalue weighted by Crippen LogP contribution is 2.64. The van der Waals surface area contributed by atoms with Gasteiger partial charge in [-0.15, -0.1) is 4.48 Å². The van der Waals surface area contributed by atoms with Crippen LogP contribution in [0.4, 0.5) is 101 Å². The van der Waals surface area contributed by atoms with E-state index in [2.05, 4.69) is 0 Å². The fraction of sp³-hybridized carbons (Fsp3) is 1.00. The Morgan fingerprint density at radius 1 is 0.265 bits per heavy atom. The highest BCUT2D eigenvalue weighted by molar-refractivity contribution is 5.15. The van der Waals surface area contributed by atoms with Gasteiger partial charge in [-0.3, -0.25) is 0 Å². The second kappa shape index (κ2) is 7.67. The molecule has 1 nitrogen and oxygen atoms in total. The number of alkyl halides is 22. The molecule has 0 heterocycles. The van der Waals surface area contributed by atoms with Crippen molar-refractivity contribution in [2.75, 3.05) is 0 Å². The molecule has 0 amide bonds. The molecule has 0 aromatic carbocycles. The van der Waals surface area contributed by atoms with Crippen LogP contribution in [-0.2, 0) is 0 Å². The van der Waals surface area contributed by atoms with Crippen molar-refractivity contribution in [3.8, 4) is 0 Å². The van der Waals surface area contributed by atoms with Crippen molar-refractivity contribution in [1.82, 2.24) is 5.12 Å². The van der Waals surface area contributed by atoms with Gasteiger partial charge < -0.3 is 0 Å². The van der Waals surface area contributed by atoms with Crippen LogP contribution in [0.25, 0.3) is 0 Å². The molecule has 0 aromatic heterocycles. The average molecular weight is 571 g/mol. The van der Waals surface area contributed by atoms with Crippen LogP contribution in [0, 0.1) is 0 Å². The van der Waals surface area contributed by atoms with Gasteiger partial charge in [0.15, 0.2) is 0 Å². The van der Waals surface area contributed by atoms with E-state index in [1.165, 1.54) is 0 Å². The van der Waals surface area contributed by atoms with E-state index in [1.54, 1.807) is 0 Å². The van der Waals surface area contributed by atoms with Gasteiger partial charge in [-0.1, -0.05) is 0 Å². The molecule has 0 fully saturated rings. The molecule has 0 unspecified atom stereocenters. The molecule has 0 N–H and O–H groups in total. The molecular weight excluding hydrogens is 571 g/mol. The Bertz CT molecular complexity index is 738. The van der Waals surface area contributed by atoms with Gasteiger partial charge >= 0.3 is 60.0 Å². The Kier molecular flexibility index (Phi) is 7.30. The number of halogens is 23. The molecule has 24 heteroatoms. The van der Waals surface area contributed by atoms with Gasteiger partial charge in [0, 0.05) is 0 Å². The van der Waals surface area contributed by atoms with E-state index >= 15 is 0 Å². The predicted octanol–water partition coefficient (Wildman–Crippen LogP) is 7.29. The van der Waals surface area contributed by atoms with E-state index in [0.29, 0.717) is 0 Å². The van der Waals surface area contributed by atoms with Gasteiger partial charge in [0.1, 0.15) is 0 Å². The third-order valence-corrected chi connectivity index (χ3v) is 3.54. The smallest absolute Gasteiger partial charge is 0.192 e. The first-order valence-electron chi connectivity index (χ1n) is 6.77. The van der Waals surface area contributed by atoms with Gasteiger partial charge in [-0.25, -0.2) is 0 Å². The Hall–Kier alpha value is -1.65. The maximum absolute atomic E-state index is 13.2. The van der Waals surface area contributed by atoms with Gasteiger partial charge in [0.25, 0.3) is 0 Å². The summed E-state index contributed by atoms with van der Waals surface area (Å²) in [6, 6.07) is -16.7. The van der Waals surface area contributed by atoms with Crippen molar-refractivity contribution in [2.45, 2.75) is 60.0 Å². The van der Waals surface area contributed by atoms with E-state index in [4.69, 9.17) is 0 Å². The van der Waals surface area contributed by atoms with E-state index in [9.17, 15) is 101 Å². The van der Waals surface area contributed by atoms with E-state index in [1.807, 2.05) is 0 Å². The molecule has 0 radical (unpaired) electrons. The second-order valence-electron chi connectivity index (χ2n) is 5.81. The first kappa shape index (κ1) is 32.4. The van der Waals surface area contributed by atoms with Crippen molar-refractivity contribution in [3.05, 3.63) is 0 Å². The number of rotatable bonds is 8. The summed E-state index contributed by atoms with van der Waals surface area (Å²) < 4.78 is 290. The first-order valence-corrected chi connectivity index (χ1v) is 6.77. The van der Waals surface area contributed by atoms with E-state index in [-0.39, 0.29) is 0 Å². The molecule has 0 aromatic rings. The number of hydrogen-bond donors (Lipinski definition) is 0. The van der Waals surface area contributed by atoms with E-state index in [0.717, 1.165) is 0 Å².